The molecule has 0 saturated carbocycles. The van der Waals surface area contributed by atoms with Crippen LogP contribution in [0.1, 0.15) is 5.56 Å². The Morgan fingerprint density at radius 3 is 2.69 bits per heavy atom. The van der Waals surface area contributed by atoms with Gasteiger partial charge >= 0.3 is 0 Å². The number of nitrogens with one attached hydrogen (secondary N) is 1. The summed E-state index contributed by atoms with van der Waals surface area (Å²) in [5.41, 5.74) is 4.75. The van der Waals surface area contributed by atoms with Gasteiger partial charge < -0.3 is 5.32 Å². The predicted octanol–water partition coefficient (Wildman–Crippen LogP) is 6.25. The van der Waals surface area contributed by atoms with Crippen molar-refractivity contribution in [3.05, 3.63) is 88.5 Å². The van der Waals surface area contributed by atoms with E-state index >= 15 is 0 Å². The molecular formula is C25H19BrN6OS2. The summed E-state index contributed by atoms with van der Waals surface area (Å²) in [6.07, 6.45) is 3.45. The van der Waals surface area contributed by atoms with Crippen LogP contribution in [-0.2, 0) is 4.79 Å². The van der Waals surface area contributed by atoms with E-state index in [0.29, 0.717) is 16.1 Å². The largest absolute Gasteiger partial charge is 0.301 e. The zero-order valence-electron chi connectivity index (χ0n) is 18.6. The molecule has 5 aromatic rings. The first-order chi connectivity index (χ1) is 17.1. The fraction of sp³-hybridized carbons (Fsp3) is 0.0800. The van der Waals surface area contributed by atoms with E-state index in [1.54, 1.807) is 12.4 Å². The molecule has 7 nitrogen and oxygen atoms in total. The van der Waals surface area contributed by atoms with Crippen molar-refractivity contribution in [2.45, 2.75) is 12.1 Å². The molecule has 0 aliphatic heterocycles. The average molecular weight is 564 g/mol. The van der Waals surface area contributed by atoms with Gasteiger partial charge in [-0.2, -0.15) is 0 Å². The van der Waals surface area contributed by atoms with Crippen LogP contribution in [0.15, 0.2) is 88.1 Å². The lowest BCUT2D eigenvalue weighted by molar-refractivity contribution is -0.113. The summed E-state index contributed by atoms with van der Waals surface area (Å²) in [4.78, 5) is 21.4. The zero-order valence-corrected chi connectivity index (χ0v) is 21.8. The molecule has 10 heteroatoms. The number of halogens is 1. The normalized spacial score (nSPS) is 10.9. The number of benzene rings is 2. The van der Waals surface area contributed by atoms with Gasteiger partial charge in [0.15, 0.2) is 16.1 Å². The minimum absolute atomic E-state index is 0.157. The van der Waals surface area contributed by atoms with Gasteiger partial charge in [0, 0.05) is 33.4 Å². The minimum atomic E-state index is -0.157. The second-order valence-electron chi connectivity index (χ2n) is 7.55. The smallest absolute Gasteiger partial charge is 0.236 e. The van der Waals surface area contributed by atoms with Crippen molar-refractivity contribution in [3.8, 4) is 28.3 Å². The number of carbonyl (C=O) groups is 1. The van der Waals surface area contributed by atoms with Gasteiger partial charge in [0.2, 0.25) is 5.91 Å². The Morgan fingerprint density at radius 2 is 1.89 bits per heavy atom. The molecule has 0 aliphatic rings. The van der Waals surface area contributed by atoms with Gasteiger partial charge in [-0.3, -0.25) is 14.3 Å². The predicted molar refractivity (Wildman–Crippen MR) is 144 cm³/mol. The van der Waals surface area contributed by atoms with Crippen LogP contribution in [0.25, 0.3) is 28.3 Å². The van der Waals surface area contributed by atoms with Crippen molar-refractivity contribution in [1.29, 1.82) is 0 Å². The van der Waals surface area contributed by atoms with Crippen molar-refractivity contribution in [3.63, 3.8) is 0 Å². The third-order valence-corrected chi connectivity index (χ3v) is 7.31. The van der Waals surface area contributed by atoms with Crippen LogP contribution in [0.3, 0.4) is 0 Å². The molecule has 1 N–H and O–H groups in total. The molecule has 0 aliphatic carbocycles. The van der Waals surface area contributed by atoms with Gasteiger partial charge in [0.1, 0.15) is 0 Å². The van der Waals surface area contributed by atoms with E-state index in [2.05, 4.69) is 41.4 Å². The molecular weight excluding hydrogens is 544 g/mol. The van der Waals surface area contributed by atoms with Gasteiger partial charge in [0.05, 0.1) is 17.1 Å². The van der Waals surface area contributed by atoms with Gasteiger partial charge in [-0.1, -0.05) is 58.0 Å². The van der Waals surface area contributed by atoms with Crippen LogP contribution in [0.5, 0.6) is 0 Å². The van der Waals surface area contributed by atoms with E-state index in [-0.39, 0.29) is 11.7 Å². The maximum absolute atomic E-state index is 12.7. The summed E-state index contributed by atoms with van der Waals surface area (Å²) in [5, 5.41) is 14.8. The Balaban J connectivity index is 1.34. The summed E-state index contributed by atoms with van der Waals surface area (Å²) in [6, 6.07) is 19.7. The first-order valence-electron chi connectivity index (χ1n) is 10.6. The van der Waals surface area contributed by atoms with E-state index in [4.69, 9.17) is 0 Å². The van der Waals surface area contributed by atoms with Crippen molar-refractivity contribution in [2.24, 2.45) is 0 Å². The summed E-state index contributed by atoms with van der Waals surface area (Å²) >= 11 is 6.21. The van der Waals surface area contributed by atoms with Crippen LogP contribution < -0.4 is 5.32 Å². The Morgan fingerprint density at radius 1 is 1.06 bits per heavy atom. The average Bonchev–Trinajstić information content (AvgIpc) is 3.51. The fourth-order valence-corrected chi connectivity index (χ4v) is 5.36. The lowest BCUT2D eigenvalue weighted by Crippen LogP contribution is -2.14. The number of amides is 1. The third kappa shape index (κ3) is 5.34. The van der Waals surface area contributed by atoms with Gasteiger partial charge in [-0.05, 0) is 42.8 Å². The van der Waals surface area contributed by atoms with E-state index in [0.717, 1.165) is 32.5 Å². The molecule has 35 heavy (non-hydrogen) atoms. The van der Waals surface area contributed by atoms with E-state index in [1.807, 2.05) is 77.5 Å². The SMILES string of the molecule is Cc1ccccc1-n1c(SCC(=O)Nc2nc(-c3cccc(Br)c3)cs2)nnc1-c1ccncc1. The molecule has 174 valence electrons. The van der Waals surface area contributed by atoms with Gasteiger partial charge in [-0.25, -0.2) is 4.98 Å². The van der Waals surface area contributed by atoms with Crippen molar-refractivity contribution >= 4 is 50.1 Å². The minimum Gasteiger partial charge on any atom is -0.301 e. The zero-order chi connectivity index (χ0) is 24.2. The number of thiazole rings is 1. The van der Waals surface area contributed by atoms with Crippen LogP contribution in [0.4, 0.5) is 5.13 Å². The molecule has 0 unspecified atom stereocenters. The number of nitrogens with zero attached hydrogens (tertiary/aromatic N) is 5. The Bertz CT molecular complexity index is 1480. The number of rotatable bonds is 7. The Kier molecular flexibility index (Phi) is 7.03. The first kappa shape index (κ1) is 23.4. The van der Waals surface area contributed by atoms with Crippen molar-refractivity contribution < 1.29 is 4.79 Å². The molecule has 0 spiro atoms. The molecule has 1 amide bonds. The highest BCUT2D eigenvalue weighted by Gasteiger charge is 2.19. The van der Waals surface area contributed by atoms with Gasteiger partial charge in [0.25, 0.3) is 0 Å². The highest BCUT2D eigenvalue weighted by molar-refractivity contribution is 9.10. The summed E-state index contributed by atoms with van der Waals surface area (Å²) in [6.45, 7) is 2.04. The van der Waals surface area contributed by atoms with E-state index in [1.165, 1.54) is 23.1 Å². The second-order valence-corrected chi connectivity index (χ2v) is 10.3. The Hall–Kier alpha value is -3.34. The lowest BCUT2D eigenvalue weighted by Gasteiger charge is -2.12. The number of para-hydroxylation sites is 1. The van der Waals surface area contributed by atoms with Crippen LogP contribution in [0.2, 0.25) is 0 Å². The molecule has 0 radical (unpaired) electrons. The van der Waals surface area contributed by atoms with Crippen molar-refractivity contribution in [2.75, 3.05) is 11.1 Å². The molecule has 3 aromatic heterocycles. The number of anilines is 1. The maximum atomic E-state index is 12.7. The molecule has 0 saturated heterocycles. The molecule has 0 bridgehead atoms. The number of aryl methyl sites for hydroxylation is 1. The van der Waals surface area contributed by atoms with Crippen LogP contribution in [-0.4, -0.2) is 36.4 Å². The third-order valence-electron chi connectivity index (χ3n) is 5.13. The molecule has 0 atom stereocenters. The molecule has 2 aromatic carbocycles. The molecule has 0 fully saturated rings. The van der Waals surface area contributed by atoms with Crippen LogP contribution in [0, 0.1) is 6.92 Å². The highest BCUT2D eigenvalue weighted by atomic mass is 79.9. The highest BCUT2D eigenvalue weighted by Crippen LogP contribution is 2.30. The number of aromatic nitrogens is 5. The van der Waals surface area contributed by atoms with Gasteiger partial charge in [-0.15, -0.1) is 21.5 Å². The number of carbonyl (C=O) groups excluding carboxylic acids is 1. The summed E-state index contributed by atoms with van der Waals surface area (Å²) in [5.74, 6) is 0.713. The lowest BCUT2D eigenvalue weighted by atomic mass is 10.2. The standard InChI is InChI=1S/C25H19BrN6OS2/c1-16-5-2-3-8-21(16)32-23(17-9-11-27-12-10-17)30-31-25(32)35-15-22(33)29-24-28-20(14-34-24)18-6-4-7-19(26)13-18/h2-14H,15H2,1H3,(H,28,29,33). The number of thioether (sulfide) groups is 1. The fourth-order valence-electron chi connectivity index (χ4n) is 3.48. The topological polar surface area (TPSA) is 85.6 Å². The Labute approximate surface area is 218 Å². The van der Waals surface area contributed by atoms with E-state index < -0.39 is 0 Å². The second kappa shape index (κ2) is 10.5. The number of hydrogen-bond acceptors (Lipinski definition) is 7. The molecule has 3 heterocycles. The summed E-state index contributed by atoms with van der Waals surface area (Å²) < 4.78 is 2.96. The first-order valence-corrected chi connectivity index (χ1v) is 13.3. The van der Waals surface area contributed by atoms with Crippen molar-refractivity contribution in [1.82, 2.24) is 24.7 Å². The monoisotopic (exact) mass is 562 g/mol. The van der Waals surface area contributed by atoms with Crippen LogP contribution >= 0.6 is 39.0 Å². The quantitative estimate of drug-likeness (QED) is 0.236. The van der Waals surface area contributed by atoms with E-state index in [9.17, 15) is 4.79 Å². The maximum Gasteiger partial charge on any atom is 0.236 e. The number of pyridine rings is 1. The number of hydrogen-bond donors (Lipinski definition) is 1. The summed E-state index contributed by atoms with van der Waals surface area (Å²) in [7, 11) is 0. The molecule has 5 rings (SSSR count).